The van der Waals surface area contributed by atoms with E-state index in [9.17, 15) is 4.79 Å². The maximum atomic E-state index is 11.2. The van der Waals surface area contributed by atoms with Crippen LogP contribution in [0.2, 0.25) is 0 Å². The fourth-order valence-corrected chi connectivity index (χ4v) is 1.67. The summed E-state index contributed by atoms with van der Waals surface area (Å²) >= 11 is 5.77. The summed E-state index contributed by atoms with van der Waals surface area (Å²) in [4.78, 5) is 19.7. The van der Waals surface area contributed by atoms with Crippen molar-refractivity contribution in [1.29, 1.82) is 0 Å². The third kappa shape index (κ3) is 1.86. The molecule has 2 heterocycles. The Morgan fingerprint density at radius 2 is 2.44 bits per heavy atom. The van der Waals surface area contributed by atoms with Crippen molar-refractivity contribution in [3.8, 4) is 0 Å². The van der Waals surface area contributed by atoms with Gasteiger partial charge in [-0.1, -0.05) is 0 Å². The molecule has 16 heavy (non-hydrogen) atoms. The number of imidazole rings is 1. The summed E-state index contributed by atoms with van der Waals surface area (Å²) in [5.74, 6) is 0.491. The van der Waals surface area contributed by atoms with Crippen molar-refractivity contribution in [2.45, 2.75) is 12.4 Å². The Hall–Kier alpha value is -1.62. The Morgan fingerprint density at radius 1 is 1.62 bits per heavy atom. The maximum absolute atomic E-state index is 11.2. The largest absolute Gasteiger partial charge is 0.468 e. The zero-order chi connectivity index (χ0) is 11.5. The van der Waals surface area contributed by atoms with Gasteiger partial charge in [0.2, 0.25) is 0 Å². The zero-order valence-electron chi connectivity index (χ0n) is 8.68. The lowest BCUT2D eigenvalue weighted by Crippen LogP contribution is -2.13. The molecule has 0 spiro atoms. The highest BCUT2D eigenvalue weighted by atomic mass is 35.5. The predicted octanol–water partition coefficient (Wildman–Crippen LogP) is 1.34. The van der Waals surface area contributed by atoms with Crippen molar-refractivity contribution in [2.75, 3.05) is 7.11 Å². The number of esters is 1. The Balaban J connectivity index is 2.51. The highest BCUT2D eigenvalue weighted by Crippen LogP contribution is 2.14. The summed E-state index contributed by atoms with van der Waals surface area (Å²) in [6.45, 7) is 0.0755. The molecule has 5 nitrogen and oxygen atoms in total. The fraction of sp³-hybridized carbons (Fsp3) is 0.300. The van der Waals surface area contributed by atoms with Gasteiger partial charge in [0.15, 0.2) is 5.65 Å². The molecule has 0 saturated carbocycles. The van der Waals surface area contributed by atoms with Gasteiger partial charge in [0.1, 0.15) is 17.9 Å². The van der Waals surface area contributed by atoms with Crippen LogP contribution in [0, 0.1) is 0 Å². The number of carbonyl (C=O) groups excluding carboxylic acids is 1. The van der Waals surface area contributed by atoms with Gasteiger partial charge < -0.3 is 9.30 Å². The predicted molar refractivity (Wildman–Crippen MR) is 59.1 cm³/mol. The number of aromatic nitrogens is 3. The second-order valence-electron chi connectivity index (χ2n) is 3.17. The summed E-state index contributed by atoms with van der Waals surface area (Å²) < 4.78 is 6.27. The molecule has 0 saturated heterocycles. The molecule has 0 atom stereocenters. The molecule has 0 aliphatic rings. The van der Waals surface area contributed by atoms with E-state index in [0.717, 1.165) is 5.52 Å². The minimum Gasteiger partial charge on any atom is -0.468 e. The lowest BCUT2D eigenvalue weighted by molar-refractivity contribution is -0.141. The van der Waals surface area contributed by atoms with E-state index in [2.05, 4.69) is 14.7 Å². The number of rotatable bonds is 3. The number of alkyl halides is 1. The van der Waals surface area contributed by atoms with Crippen LogP contribution >= 0.6 is 11.6 Å². The first-order valence-corrected chi connectivity index (χ1v) is 5.22. The second kappa shape index (κ2) is 4.49. The van der Waals surface area contributed by atoms with E-state index in [-0.39, 0.29) is 18.4 Å². The Labute approximate surface area is 97.0 Å². The molecule has 84 valence electrons. The van der Waals surface area contributed by atoms with E-state index in [1.807, 2.05) is 6.07 Å². The number of hydrogen-bond acceptors (Lipinski definition) is 4. The smallest absolute Gasteiger partial charge is 0.325 e. The first-order chi connectivity index (χ1) is 7.76. The Bertz CT molecular complexity index is 524. The van der Waals surface area contributed by atoms with Crippen LogP contribution in [0.3, 0.4) is 0 Å². The summed E-state index contributed by atoms with van der Waals surface area (Å²) in [5.41, 5.74) is 1.37. The van der Waals surface area contributed by atoms with E-state index >= 15 is 0 Å². The van der Waals surface area contributed by atoms with Crippen LogP contribution in [0.25, 0.3) is 11.2 Å². The molecule has 0 aliphatic carbocycles. The molecule has 0 N–H and O–H groups in total. The van der Waals surface area contributed by atoms with Crippen LogP contribution in [0.15, 0.2) is 18.3 Å². The highest BCUT2D eigenvalue weighted by Gasteiger charge is 2.13. The number of fused-ring (bicyclic) bond motifs is 1. The molecule has 0 radical (unpaired) electrons. The SMILES string of the molecule is COC(=O)Cn1c(CCl)nc2cccnc21. The third-order valence-electron chi connectivity index (χ3n) is 2.22. The topological polar surface area (TPSA) is 57.0 Å². The normalized spacial score (nSPS) is 10.6. The number of hydrogen-bond donors (Lipinski definition) is 0. The van der Waals surface area contributed by atoms with Crippen LogP contribution < -0.4 is 0 Å². The number of ether oxygens (including phenoxy) is 1. The van der Waals surface area contributed by atoms with Crippen LogP contribution in [0.1, 0.15) is 5.82 Å². The van der Waals surface area contributed by atoms with Gasteiger partial charge in [-0.3, -0.25) is 4.79 Å². The van der Waals surface area contributed by atoms with Gasteiger partial charge in [0.05, 0.1) is 13.0 Å². The molecule has 6 heteroatoms. The minimum absolute atomic E-state index is 0.0755. The van der Waals surface area contributed by atoms with Gasteiger partial charge in [0, 0.05) is 6.20 Å². The second-order valence-corrected chi connectivity index (χ2v) is 3.44. The van der Waals surface area contributed by atoms with E-state index in [0.29, 0.717) is 11.5 Å². The summed E-state index contributed by atoms with van der Waals surface area (Å²) in [6.07, 6.45) is 1.65. The quantitative estimate of drug-likeness (QED) is 0.599. The lowest BCUT2D eigenvalue weighted by Gasteiger charge is -2.04. The molecule has 0 bridgehead atoms. The summed E-state index contributed by atoms with van der Waals surface area (Å²) in [7, 11) is 1.34. The van der Waals surface area contributed by atoms with Crippen molar-refractivity contribution in [3.63, 3.8) is 0 Å². The molecule has 0 unspecified atom stereocenters. The van der Waals surface area contributed by atoms with Crippen LogP contribution in [-0.4, -0.2) is 27.6 Å². The summed E-state index contributed by atoms with van der Waals surface area (Å²) in [6, 6.07) is 3.61. The number of pyridine rings is 1. The van der Waals surface area contributed by atoms with Gasteiger partial charge in [-0.05, 0) is 12.1 Å². The van der Waals surface area contributed by atoms with Crippen molar-refractivity contribution in [3.05, 3.63) is 24.2 Å². The van der Waals surface area contributed by atoms with Gasteiger partial charge >= 0.3 is 5.97 Å². The maximum Gasteiger partial charge on any atom is 0.325 e. The Kier molecular flexibility index (Phi) is 3.05. The van der Waals surface area contributed by atoms with Crippen molar-refractivity contribution >= 4 is 28.7 Å². The van der Waals surface area contributed by atoms with Crippen molar-refractivity contribution in [1.82, 2.24) is 14.5 Å². The minimum atomic E-state index is -0.351. The molecule has 0 fully saturated rings. The molecule has 0 amide bonds. The average molecular weight is 240 g/mol. The fourth-order valence-electron chi connectivity index (χ4n) is 1.47. The highest BCUT2D eigenvalue weighted by molar-refractivity contribution is 6.16. The summed E-state index contributed by atoms with van der Waals surface area (Å²) in [5, 5.41) is 0. The monoisotopic (exact) mass is 239 g/mol. The molecular weight excluding hydrogens is 230 g/mol. The number of carbonyl (C=O) groups is 1. The lowest BCUT2D eigenvalue weighted by atomic mass is 10.4. The van der Waals surface area contributed by atoms with Gasteiger partial charge in [0.25, 0.3) is 0 Å². The first kappa shape index (κ1) is 10.9. The van der Waals surface area contributed by atoms with Crippen molar-refractivity contribution in [2.24, 2.45) is 0 Å². The molecule has 0 aliphatic heterocycles. The third-order valence-corrected chi connectivity index (χ3v) is 2.46. The first-order valence-electron chi connectivity index (χ1n) is 4.69. The standard InChI is InChI=1S/C10H10ClN3O2/c1-16-9(15)6-14-8(5-11)13-7-3-2-4-12-10(7)14/h2-4H,5-6H2,1H3. The zero-order valence-corrected chi connectivity index (χ0v) is 9.44. The van der Waals surface area contributed by atoms with Crippen LogP contribution in [-0.2, 0) is 22.0 Å². The molecular formula is C10H10ClN3O2. The molecule has 2 aromatic heterocycles. The van der Waals surface area contributed by atoms with E-state index < -0.39 is 0 Å². The average Bonchev–Trinajstić information content (AvgIpc) is 2.67. The molecule has 2 aromatic rings. The van der Waals surface area contributed by atoms with E-state index in [1.165, 1.54) is 7.11 Å². The van der Waals surface area contributed by atoms with Crippen LogP contribution in [0.5, 0.6) is 0 Å². The molecule has 2 rings (SSSR count). The van der Waals surface area contributed by atoms with E-state index in [4.69, 9.17) is 11.6 Å². The van der Waals surface area contributed by atoms with E-state index in [1.54, 1.807) is 16.8 Å². The number of methoxy groups -OCH3 is 1. The van der Waals surface area contributed by atoms with Gasteiger partial charge in [-0.15, -0.1) is 11.6 Å². The Morgan fingerprint density at radius 3 is 3.12 bits per heavy atom. The number of nitrogens with zero attached hydrogens (tertiary/aromatic N) is 3. The van der Waals surface area contributed by atoms with Crippen LogP contribution in [0.4, 0.5) is 0 Å². The van der Waals surface area contributed by atoms with Gasteiger partial charge in [-0.2, -0.15) is 0 Å². The molecule has 0 aromatic carbocycles. The van der Waals surface area contributed by atoms with Gasteiger partial charge in [-0.25, -0.2) is 9.97 Å². The van der Waals surface area contributed by atoms with Crippen molar-refractivity contribution < 1.29 is 9.53 Å². The number of halogens is 1.